The molecule has 1 aliphatic rings. The van der Waals surface area contributed by atoms with Gasteiger partial charge < -0.3 is 9.80 Å². The lowest BCUT2D eigenvalue weighted by molar-refractivity contribution is 0.0746. The molecule has 136 valence electrons. The van der Waals surface area contributed by atoms with Gasteiger partial charge in [0.05, 0.1) is 5.69 Å². The summed E-state index contributed by atoms with van der Waals surface area (Å²) < 4.78 is 27.7. The lowest BCUT2D eigenvalue weighted by Crippen LogP contribution is -2.49. The molecule has 0 radical (unpaired) electrons. The molecule has 26 heavy (non-hydrogen) atoms. The molecule has 1 saturated heterocycles. The van der Waals surface area contributed by atoms with E-state index in [1.165, 1.54) is 31.2 Å². The minimum Gasteiger partial charge on any atom is -0.366 e. The second-order valence-corrected chi connectivity index (χ2v) is 6.46. The molecule has 3 rings (SSSR count). The van der Waals surface area contributed by atoms with Crippen molar-refractivity contribution >= 4 is 17.4 Å². The third-order valence-electron chi connectivity index (χ3n) is 4.65. The van der Waals surface area contributed by atoms with Crippen molar-refractivity contribution in [2.75, 3.05) is 31.1 Å². The van der Waals surface area contributed by atoms with Gasteiger partial charge in [-0.3, -0.25) is 9.59 Å². The van der Waals surface area contributed by atoms with E-state index in [1.54, 1.807) is 24.0 Å². The fraction of sp³-hybridized carbons (Fsp3) is 0.300. The summed E-state index contributed by atoms with van der Waals surface area (Å²) in [6.07, 6.45) is 0. The number of Topliss-reactive ketones (excluding diaryl/α,β-unsaturated/α-hetero) is 1. The van der Waals surface area contributed by atoms with Crippen molar-refractivity contribution in [3.63, 3.8) is 0 Å². The average Bonchev–Trinajstić information content (AvgIpc) is 2.62. The van der Waals surface area contributed by atoms with Crippen LogP contribution < -0.4 is 4.90 Å². The number of carbonyl (C=O) groups is 2. The fourth-order valence-corrected chi connectivity index (χ4v) is 3.24. The maximum absolute atomic E-state index is 14.4. The molecule has 1 aliphatic heterocycles. The number of benzene rings is 2. The predicted octanol–water partition coefficient (Wildman–Crippen LogP) is 3.44. The van der Waals surface area contributed by atoms with Crippen molar-refractivity contribution < 1.29 is 18.4 Å². The number of hydrogen-bond donors (Lipinski definition) is 0. The Morgan fingerprint density at radius 2 is 1.69 bits per heavy atom. The topological polar surface area (TPSA) is 40.6 Å². The van der Waals surface area contributed by atoms with Gasteiger partial charge in [-0.05, 0) is 49.7 Å². The molecule has 0 spiro atoms. The van der Waals surface area contributed by atoms with E-state index in [-0.39, 0.29) is 11.7 Å². The van der Waals surface area contributed by atoms with Crippen LogP contribution >= 0.6 is 0 Å². The Bertz CT molecular complexity index is 859. The highest BCUT2D eigenvalue weighted by molar-refractivity contribution is 5.96. The van der Waals surface area contributed by atoms with Crippen molar-refractivity contribution in [1.82, 2.24) is 4.90 Å². The standard InChI is InChI=1S/C20H20F2N2O2/c1-13-10-19(18(22)12-17(13)14(2)25)23-6-8-24(9-7-23)20(26)15-4-3-5-16(21)11-15/h3-5,10-12H,6-9H2,1-2H3. The van der Waals surface area contributed by atoms with Crippen LogP contribution in [-0.4, -0.2) is 42.8 Å². The summed E-state index contributed by atoms with van der Waals surface area (Å²) in [4.78, 5) is 27.5. The summed E-state index contributed by atoms with van der Waals surface area (Å²) in [5.41, 5.74) is 1.86. The molecule has 0 N–H and O–H groups in total. The minimum atomic E-state index is -0.447. The maximum Gasteiger partial charge on any atom is 0.254 e. The smallest absolute Gasteiger partial charge is 0.254 e. The summed E-state index contributed by atoms with van der Waals surface area (Å²) in [6.45, 7) is 4.97. The molecular weight excluding hydrogens is 338 g/mol. The van der Waals surface area contributed by atoms with Crippen molar-refractivity contribution in [2.45, 2.75) is 13.8 Å². The molecule has 0 bridgehead atoms. The zero-order chi connectivity index (χ0) is 18.8. The van der Waals surface area contributed by atoms with E-state index >= 15 is 0 Å². The average molecular weight is 358 g/mol. The number of carbonyl (C=O) groups excluding carboxylic acids is 2. The SMILES string of the molecule is CC(=O)c1cc(F)c(N2CCN(C(=O)c3cccc(F)c3)CC2)cc1C. The van der Waals surface area contributed by atoms with Crippen LogP contribution in [0.2, 0.25) is 0 Å². The molecule has 0 saturated carbocycles. The Balaban J connectivity index is 1.72. The molecule has 6 heteroatoms. The quantitative estimate of drug-likeness (QED) is 0.789. The van der Waals surface area contributed by atoms with Gasteiger partial charge in [0.25, 0.3) is 5.91 Å². The first-order chi connectivity index (χ1) is 12.4. The van der Waals surface area contributed by atoms with Crippen molar-refractivity contribution in [2.24, 2.45) is 0 Å². The van der Waals surface area contributed by atoms with Crippen LogP contribution in [0.25, 0.3) is 0 Å². The number of piperazine rings is 1. The molecule has 0 aromatic heterocycles. The summed E-state index contributed by atoms with van der Waals surface area (Å²) in [5.74, 6) is -1.28. The van der Waals surface area contributed by atoms with Crippen LogP contribution in [0.4, 0.5) is 14.5 Å². The fourth-order valence-electron chi connectivity index (χ4n) is 3.24. The van der Waals surface area contributed by atoms with E-state index in [0.717, 1.165) is 5.56 Å². The van der Waals surface area contributed by atoms with Gasteiger partial charge in [-0.25, -0.2) is 8.78 Å². The van der Waals surface area contributed by atoms with Crippen LogP contribution in [-0.2, 0) is 0 Å². The number of amides is 1. The molecular formula is C20H20F2N2O2. The van der Waals surface area contributed by atoms with Gasteiger partial charge in [-0.1, -0.05) is 6.07 Å². The first-order valence-electron chi connectivity index (χ1n) is 8.47. The van der Waals surface area contributed by atoms with Crippen molar-refractivity contribution in [1.29, 1.82) is 0 Å². The van der Waals surface area contributed by atoms with Gasteiger partial charge in [0.1, 0.15) is 11.6 Å². The highest BCUT2D eigenvalue weighted by Crippen LogP contribution is 2.25. The lowest BCUT2D eigenvalue weighted by atomic mass is 10.0. The Morgan fingerprint density at radius 3 is 2.31 bits per heavy atom. The molecule has 1 heterocycles. The number of hydrogen-bond acceptors (Lipinski definition) is 3. The van der Waals surface area contributed by atoms with Crippen LogP contribution in [0.1, 0.15) is 33.2 Å². The molecule has 4 nitrogen and oxygen atoms in total. The maximum atomic E-state index is 14.4. The van der Waals surface area contributed by atoms with Gasteiger partial charge in [0, 0.05) is 37.3 Å². The normalized spacial score (nSPS) is 14.5. The number of nitrogens with zero attached hydrogens (tertiary/aromatic N) is 2. The van der Waals surface area contributed by atoms with E-state index in [9.17, 15) is 18.4 Å². The number of halogens is 2. The van der Waals surface area contributed by atoms with Gasteiger partial charge in [-0.2, -0.15) is 0 Å². The molecule has 0 atom stereocenters. The Labute approximate surface area is 151 Å². The number of rotatable bonds is 3. The first kappa shape index (κ1) is 18.0. The third-order valence-corrected chi connectivity index (χ3v) is 4.65. The first-order valence-corrected chi connectivity index (χ1v) is 8.47. The second kappa shape index (κ2) is 7.23. The zero-order valence-electron chi connectivity index (χ0n) is 14.8. The lowest BCUT2D eigenvalue weighted by Gasteiger charge is -2.36. The Morgan fingerprint density at radius 1 is 1.00 bits per heavy atom. The van der Waals surface area contributed by atoms with Gasteiger partial charge >= 0.3 is 0 Å². The van der Waals surface area contributed by atoms with Crippen molar-refractivity contribution in [3.8, 4) is 0 Å². The zero-order valence-corrected chi connectivity index (χ0v) is 14.8. The van der Waals surface area contributed by atoms with E-state index < -0.39 is 11.6 Å². The van der Waals surface area contributed by atoms with E-state index in [1.807, 2.05) is 4.90 Å². The Hall–Kier alpha value is -2.76. The minimum absolute atomic E-state index is 0.168. The molecule has 1 fully saturated rings. The molecule has 2 aromatic rings. The number of anilines is 1. The predicted molar refractivity (Wildman–Crippen MR) is 95.7 cm³/mol. The van der Waals surface area contributed by atoms with Crippen LogP contribution in [0.3, 0.4) is 0 Å². The third kappa shape index (κ3) is 3.59. The largest absolute Gasteiger partial charge is 0.366 e. The van der Waals surface area contributed by atoms with Crippen LogP contribution in [0, 0.1) is 18.6 Å². The second-order valence-electron chi connectivity index (χ2n) is 6.46. The van der Waals surface area contributed by atoms with E-state index in [0.29, 0.717) is 43.0 Å². The van der Waals surface area contributed by atoms with Crippen molar-refractivity contribution in [3.05, 3.63) is 64.7 Å². The molecule has 2 aromatic carbocycles. The molecule has 0 unspecified atom stereocenters. The summed E-state index contributed by atoms with van der Waals surface area (Å²) >= 11 is 0. The highest BCUT2D eigenvalue weighted by Gasteiger charge is 2.24. The summed E-state index contributed by atoms with van der Waals surface area (Å²) in [6, 6.07) is 8.56. The van der Waals surface area contributed by atoms with E-state index in [4.69, 9.17) is 0 Å². The van der Waals surface area contributed by atoms with Gasteiger partial charge in [0.15, 0.2) is 5.78 Å². The number of ketones is 1. The van der Waals surface area contributed by atoms with Gasteiger partial charge in [0.2, 0.25) is 0 Å². The Kier molecular flexibility index (Phi) is 5.02. The monoisotopic (exact) mass is 358 g/mol. The van der Waals surface area contributed by atoms with Gasteiger partial charge in [-0.15, -0.1) is 0 Å². The molecule has 0 aliphatic carbocycles. The van der Waals surface area contributed by atoms with E-state index in [2.05, 4.69) is 0 Å². The summed E-state index contributed by atoms with van der Waals surface area (Å²) in [7, 11) is 0. The molecule has 1 amide bonds. The van der Waals surface area contributed by atoms with Crippen LogP contribution in [0.15, 0.2) is 36.4 Å². The summed E-state index contributed by atoms with van der Waals surface area (Å²) in [5, 5.41) is 0. The highest BCUT2D eigenvalue weighted by atomic mass is 19.1. The van der Waals surface area contributed by atoms with Crippen LogP contribution in [0.5, 0.6) is 0 Å². The number of aryl methyl sites for hydroxylation is 1.